The average Bonchev–Trinajstić information content (AvgIpc) is 2.86. The van der Waals surface area contributed by atoms with Gasteiger partial charge in [0.05, 0.1) is 19.3 Å². The summed E-state index contributed by atoms with van der Waals surface area (Å²) in [6, 6.07) is 0. The van der Waals surface area contributed by atoms with Crippen LogP contribution in [0.25, 0.3) is 0 Å². The molecule has 0 radical (unpaired) electrons. The third-order valence-corrected chi connectivity index (χ3v) is 9.82. The van der Waals surface area contributed by atoms with Gasteiger partial charge in [0.1, 0.15) is 6.79 Å². The molecule has 3 atom stereocenters. The van der Waals surface area contributed by atoms with E-state index >= 15 is 0 Å². The lowest BCUT2D eigenvalue weighted by Gasteiger charge is -2.37. The molecule has 0 aromatic heterocycles. The van der Waals surface area contributed by atoms with Crippen LogP contribution in [0.3, 0.4) is 0 Å². The van der Waals surface area contributed by atoms with Crippen LogP contribution in [-0.2, 0) is 18.6 Å². The van der Waals surface area contributed by atoms with Crippen LogP contribution in [0.15, 0.2) is 0 Å². The molecule has 1 fully saturated rings. The molecule has 0 saturated heterocycles. The number of aliphatic hydroxyl groups is 1. The average molecular weight is 349 g/mol. The predicted octanol–water partition coefficient (Wildman–Crippen LogP) is 3.03. The fraction of sp³-hybridized carbons (Fsp3) is 1.00. The monoisotopic (exact) mass is 348 g/mol. The van der Waals surface area contributed by atoms with Crippen molar-refractivity contribution in [2.75, 3.05) is 40.3 Å². The Bertz CT molecular complexity index is 329. The summed E-state index contributed by atoms with van der Waals surface area (Å²) in [4.78, 5) is 0. The van der Waals surface area contributed by atoms with Gasteiger partial charge in [0.2, 0.25) is 0 Å². The molecule has 1 saturated carbocycles. The Hall–Kier alpha value is 0.0169. The molecule has 0 bridgehead atoms. The zero-order valence-electron chi connectivity index (χ0n) is 15.8. The van der Waals surface area contributed by atoms with Crippen molar-refractivity contribution in [1.29, 1.82) is 0 Å². The maximum atomic E-state index is 9.64. The van der Waals surface area contributed by atoms with Gasteiger partial charge in [-0.1, -0.05) is 20.8 Å². The van der Waals surface area contributed by atoms with Gasteiger partial charge in [0, 0.05) is 20.3 Å². The first-order valence-corrected chi connectivity index (χ1v) is 11.5. The number of hydrogen-bond donors (Lipinski definition) is 1. The zero-order chi connectivity index (χ0) is 17.5. The van der Waals surface area contributed by atoms with Crippen molar-refractivity contribution in [2.45, 2.75) is 57.8 Å². The largest absolute Gasteiger partial charge is 0.417 e. The van der Waals surface area contributed by atoms with E-state index in [1.807, 2.05) is 0 Å². The highest BCUT2D eigenvalue weighted by Gasteiger charge is 2.40. The first kappa shape index (κ1) is 21.1. The van der Waals surface area contributed by atoms with Crippen LogP contribution < -0.4 is 0 Å². The second kappa shape index (κ2) is 9.49. The Morgan fingerprint density at radius 1 is 1.09 bits per heavy atom. The van der Waals surface area contributed by atoms with Crippen LogP contribution in [0.2, 0.25) is 18.1 Å². The van der Waals surface area contributed by atoms with Crippen LogP contribution in [-0.4, -0.2) is 59.9 Å². The lowest BCUT2D eigenvalue weighted by atomic mass is 9.98. The molecule has 1 aliphatic rings. The lowest BCUT2D eigenvalue weighted by Crippen LogP contribution is -2.42. The van der Waals surface area contributed by atoms with E-state index < -0.39 is 8.32 Å². The van der Waals surface area contributed by atoms with E-state index in [2.05, 4.69) is 33.9 Å². The van der Waals surface area contributed by atoms with E-state index in [1.165, 1.54) is 0 Å². The van der Waals surface area contributed by atoms with Crippen molar-refractivity contribution in [1.82, 2.24) is 0 Å². The highest BCUT2D eigenvalue weighted by Crippen LogP contribution is 2.39. The van der Waals surface area contributed by atoms with Crippen LogP contribution >= 0.6 is 0 Å². The molecule has 1 aliphatic carbocycles. The van der Waals surface area contributed by atoms with Crippen molar-refractivity contribution >= 4 is 8.32 Å². The van der Waals surface area contributed by atoms with E-state index in [4.69, 9.17) is 18.6 Å². The predicted molar refractivity (Wildman–Crippen MR) is 94.0 cm³/mol. The molecule has 23 heavy (non-hydrogen) atoms. The topological polar surface area (TPSA) is 57.2 Å². The summed E-state index contributed by atoms with van der Waals surface area (Å²) in [6.45, 7) is 13.6. The molecular formula is C17H36O5Si. The van der Waals surface area contributed by atoms with Crippen molar-refractivity contribution in [3.63, 3.8) is 0 Å². The van der Waals surface area contributed by atoms with Crippen molar-refractivity contribution in [3.8, 4) is 0 Å². The summed E-state index contributed by atoms with van der Waals surface area (Å²) in [5, 5.41) is 9.85. The zero-order valence-corrected chi connectivity index (χ0v) is 16.8. The van der Waals surface area contributed by atoms with Crippen LogP contribution in [0, 0.1) is 11.8 Å². The second-order valence-corrected chi connectivity index (χ2v) is 12.9. The fourth-order valence-electron chi connectivity index (χ4n) is 2.60. The molecule has 0 amide bonds. The quantitative estimate of drug-likeness (QED) is 0.374. The Morgan fingerprint density at radius 3 is 2.30 bits per heavy atom. The van der Waals surface area contributed by atoms with Gasteiger partial charge in [-0.05, 0) is 42.8 Å². The molecule has 6 heteroatoms. The van der Waals surface area contributed by atoms with Gasteiger partial charge < -0.3 is 23.7 Å². The van der Waals surface area contributed by atoms with Crippen molar-refractivity contribution < 1.29 is 23.7 Å². The van der Waals surface area contributed by atoms with Gasteiger partial charge in [-0.2, -0.15) is 0 Å². The molecule has 1 rings (SSSR count). The lowest BCUT2D eigenvalue weighted by molar-refractivity contribution is -0.0970. The molecule has 0 aromatic carbocycles. The molecule has 0 aliphatic heterocycles. The van der Waals surface area contributed by atoms with Crippen molar-refractivity contribution in [2.24, 2.45) is 11.8 Å². The number of hydrogen-bond acceptors (Lipinski definition) is 5. The van der Waals surface area contributed by atoms with E-state index in [9.17, 15) is 5.11 Å². The Morgan fingerprint density at radius 2 is 1.74 bits per heavy atom. The Labute approximate surface area is 142 Å². The van der Waals surface area contributed by atoms with E-state index in [-0.39, 0.29) is 23.7 Å². The van der Waals surface area contributed by atoms with Gasteiger partial charge in [-0.25, -0.2) is 0 Å². The molecule has 0 heterocycles. The maximum Gasteiger partial charge on any atom is 0.191 e. The van der Waals surface area contributed by atoms with Crippen LogP contribution in [0.4, 0.5) is 0 Å². The van der Waals surface area contributed by atoms with Gasteiger partial charge in [-0.15, -0.1) is 0 Å². The third kappa shape index (κ3) is 6.80. The highest BCUT2D eigenvalue weighted by atomic mass is 28.4. The third-order valence-electron chi connectivity index (χ3n) is 5.32. The van der Waals surface area contributed by atoms with E-state index in [1.54, 1.807) is 7.11 Å². The Kier molecular flexibility index (Phi) is 8.69. The van der Waals surface area contributed by atoms with Gasteiger partial charge in [0.25, 0.3) is 0 Å². The van der Waals surface area contributed by atoms with E-state index in [0.717, 1.165) is 19.4 Å². The standard InChI is InChI=1S/C17H36O5Si/c1-17(2,3)23(5,6)22-12-15-10-16(9-14(15)11-18)21-13-20-8-7-19-4/h14-16,18H,7-13H2,1-6H3/t14-,15-,16+/m0/s1. The van der Waals surface area contributed by atoms with Crippen molar-refractivity contribution in [3.05, 3.63) is 0 Å². The molecule has 138 valence electrons. The smallest absolute Gasteiger partial charge is 0.191 e. The van der Waals surface area contributed by atoms with Gasteiger partial charge in [0.15, 0.2) is 8.32 Å². The Balaban J connectivity index is 2.38. The number of methoxy groups -OCH3 is 1. The molecule has 0 unspecified atom stereocenters. The molecular weight excluding hydrogens is 312 g/mol. The summed E-state index contributed by atoms with van der Waals surface area (Å²) in [5.74, 6) is 0.641. The maximum absolute atomic E-state index is 9.64. The van der Waals surface area contributed by atoms with Crippen LogP contribution in [0.5, 0.6) is 0 Å². The summed E-state index contributed by atoms with van der Waals surface area (Å²) in [6.07, 6.45) is 1.98. The molecule has 0 aromatic rings. The minimum absolute atomic E-state index is 0.155. The number of aliphatic hydroxyl groups excluding tert-OH is 1. The second-order valence-electron chi connectivity index (χ2n) is 8.05. The number of rotatable bonds is 10. The summed E-state index contributed by atoms with van der Waals surface area (Å²) < 4.78 is 22.4. The summed E-state index contributed by atoms with van der Waals surface area (Å²) in [7, 11) is -0.0854. The first-order valence-electron chi connectivity index (χ1n) is 8.64. The molecule has 0 spiro atoms. The number of ether oxygens (including phenoxy) is 3. The minimum atomic E-state index is -1.74. The van der Waals surface area contributed by atoms with Gasteiger partial charge >= 0.3 is 0 Å². The molecule has 5 nitrogen and oxygen atoms in total. The first-order chi connectivity index (χ1) is 10.7. The fourth-order valence-corrected chi connectivity index (χ4v) is 3.66. The summed E-state index contributed by atoms with van der Waals surface area (Å²) in [5.41, 5.74) is 0. The normalized spacial score (nSPS) is 26.0. The molecule has 1 N–H and O–H groups in total. The minimum Gasteiger partial charge on any atom is -0.417 e. The van der Waals surface area contributed by atoms with Crippen LogP contribution in [0.1, 0.15) is 33.6 Å². The van der Waals surface area contributed by atoms with E-state index in [0.29, 0.717) is 25.9 Å². The summed E-state index contributed by atoms with van der Waals surface area (Å²) >= 11 is 0. The van der Waals surface area contributed by atoms with Gasteiger partial charge in [-0.3, -0.25) is 0 Å². The SMILES string of the molecule is COCCOCO[C@@H]1C[C@@H](CO)[C@H](CO[Si](C)(C)C(C)(C)C)C1. The highest BCUT2D eigenvalue weighted by molar-refractivity contribution is 6.74.